The highest BCUT2D eigenvalue weighted by Gasteiger charge is 2.65. The molecule has 4 nitrogen and oxygen atoms in total. The Balaban J connectivity index is 1.70. The van der Waals surface area contributed by atoms with Gasteiger partial charge in [0.2, 0.25) is 0 Å². The van der Waals surface area contributed by atoms with Gasteiger partial charge in [-0.1, -0.05) is 12.5 Å². The molecule has 2 aliphatic heterocycles. The number of allylic oxidation sites excluding steroid dienone is 1. The summed E-state index contributed by atoms with van der Waals surface area (Å²) in [5.41, 5.74) is 0.360. The fourth-order valence-corrected chi connectivity index (χ4v) is 5.97. The molecule has 24 heavy (non-hydrogen) atoms. The van der Waals surface area contributed by atoms with E-state index in [0.717, 1.165) is 50.9 Å². The van der Waals surface area contributed by atoms with Gasteiger partial charge in [0.25, 0.3) is 0 Å². The minimum absolute atomic E-state index is 0.0417. The monoisotopic (exact) mass is 332 g/mol. The normalized spacial score (nSPS) is 44.8. The molecule has 4 aliphatic rings. The summed E-state index contributed by atoms with van der Waals surface area (Å²) in [6.07, 6.45) is 7.39. The van der Waals surface area contributed by atoms with Crippen LogP contribution in [0.5, 0.6) is 0 Å². The summed E-state index contributed by atoms with van der Waals surface area (Å²) in [6, 6.07) is 0. The number of hydrogen-bond donors (Lipinski definition) is 0. The zero-order valence-corrected chi connectivity index (χ0v) is 14.8. The van der Waals surface area contributed by atoms with E-state index in [0.29, 0.717) is 24.9 Å². The van der Waals surface area contributed by atoms with Crippen LogP contribution in [0.4, 0.5) is 0 Å². The van der Waals surface area contributed by atoms with Crippen LogP contribution in [0.15, 0.2) is 11.6 Å². The average Bonchev–Trinajstić information content (AvgIpc) is 3.06. The maximum absolute atomic E-state index is 12.8. The van der Waals surface area contributed by atoms with Crippen LogP contribution in [0.1, 0.15) is 52.4 Å². The van der Waals surface area contributed by atoms with Gasteiger partial charge in [-0.05, 0) is 62.9 Å². The maximum atomic E-state index is 12.8. The van der Waals surface area contributed by atoms with E-state index < -0.39 is 5.41 Å². The Kier molecular flexibility index (Phi) is 3.87. The van der Waals surface area contributed by atoms with Crippen LogP contribution in [0.2, 0.25) is 0 Å². The first kappa shape index (κ1) is 16.3. The van der Waals surface area contributed by atoms with Gasteiger partial charge < -0.3 is 9.47 Å². The summed E-state index contributed by atoms with van der Waals surface area (Å²) >= 11 is 0. The molecule has 0 radical (unpaired) electrons. The summed E-state index contributed by atoms with van der Waals surface area (Å²) in [4.78, 5) is 25.1. The Bertz CT molecular complexity index is 588. The third-order valence-corrected chi connectivity index (χ3v) is 7.61. The predicted octanol–water partition coefficient (Wildman–Crippen LogP) is 3.30. The standard InChI is InChI=1S/C20H28O4/c1-13-3-7-20-14(2)9-16(21)10-17(20)19(13,12-24-18(20)22)6-4-15-5-8-23-11-15/h9,13,15,17H,3-8,10-12H2,1-2H3/t13-,15?,17-,19+,20+/m1/s1. The second-order valence-electron chi connectivity index (χ2n) is 8.54. The van der Waals surface area contributed by atoms with Crippen molar-refractivity contribution in [3.8, 4) is 0 Å². The minimum Gasteiger partial charge on any atom is -0.464 e. The quantitative estimate of drug-likeness (QED) is 0.744. The third kappa shape index (κ3) is 2.15. The number of ketones is 1. The molecule has 132 valence electrons. The van der Waals surface area contributed by atoms with Gasteiger partial charge >= 0.3 is 5.97 Å². The molecule has 3 fully saturated rings. The summed E-state index contributed by atoms with van der Waals surface area (Å²) in [5, 5.41) is 0. The molecule has 0 amide bonds. The first-order chi connectivity index (χ1) is 11.5. The molecule has 4 rings (SSSR count). The number of ether oxygens (including phenoxy) is 2. The first-order valence-electron chi connectivity index (χ1n) is 9.45. The molecule has 4 heteroatoms. The number of hydrogen-bond acceptors (Lipinski definition) is 4. The van der Waals surface area contributed by atoms with Crippen molar-refractivity contribution in [1.29, 1.82) is 0 Å². The Morgan fingerprint density at radius 2 is 2.12 bits per heavy atom. The van der Waals surface area contributed by atoms with Crippen LogP contribution in [0, 0.1) is 28.6 Å². The third-order valence-electron chi connectivity index (χ3n) is 7.61. The summed E-state index contributed by atoms with van der Waals surface area (Å²) < 4.78 is 11.3. The van der Waals surface area contributed by atoms with E-state index in [1.54, 1.807) is 6.08 Å². The first-order valence-corrected chi connectivity index (χ1v) is 9.45. The van der Waals surface area contributed by atoms with Crippen LogP contribution < -0.4 is 0 Å². The van der Waals surface area contributed by atoms with Crippen LogP contribution >= 0.6 is 0 Å². The van der Waals surface area contributed by atoms with Gasteiger partial charge in [-0.15, -0.1) is 0 Å². The molecule has 2 saturated heterocycles. The van der Waals surface area contributed by atoms with Gasteiger partial charge in [0.05, 0.1) is 12.0 Å². The topological polar surface area (TPSA) is 52.6 Å². The second kappa shape index (κ2) is 5.69. The van der Waals surface area contributed by atoms with Crippen LogP contribution in [-0.2, 0) is 19.1 Å². The number of carbonyl (C=O) groups is 2. The van der Waals surface area contributed by atoms with Crippen molar-refractivity contribution in [1.82, 2.24) is 0 Å². The van der Waals surface area contributed by atoms with Crippen molar-refractivity contribution >= 4 is 11.8 Å². The van der Waals surface area contributed by atoms with Crippen molar-refractivity contribution in [3.63, 3.8) is 0 Å². The molecule has 2 bridgehead atoms. The van der Waals surface area contributed by atoms with Gasteiger partial charge in [0, 0.05) is 25.0 Å². The molecular weight excluding hydrogens is 304 g/mol. The molecule has 0 aromatic rings. The van der Waals surface area contributed by atoms with Gasteiger partial charge in [-0.25, -0.2) is 0 Å². The highest BCUT2D eigenvalue weighted by molar-refractivity contribution is 5.96. The van der Waals surface area contributed by atoms with Gasteiger partial charge in [0.15, 0.2) is 5.78 Å². The zero-order valence-electron chi connectivity index (χ0n) is 14.8. The highest BCUT2D eigenvalue weighted by atomic mass is 16.5. The highest BCUT2D eigenvalue weighted by Crippen LogP contribution is 2.64. The summed E-state index contributed by atoms with van der Waals surface area (Å²) in [5.74, 6) is 1.34. The van der Waals surface area contributed by atoms with Crippen LogP contribution in [0.3, 0.4) is 0 Å². The molecule has 2 heterocycles. The largest absolute Gasteiger partial charge is 0.464 e. The zero-order chi connectivity index (χ0) is 16.9. The number of carbonyl (C=O) groups excluding carboxylic acids is 2. The summed E-state index contributed by atoms with van der Waals surface area (Å²) in [7, 11) is 0. The molecule has 0 spiro atoms. The lowest BCUT2D eigenvalue weighted by Crippen LogP contribution is -2.62. The lowest BCUT2D eigenvalue weighted by molar-refractivity contribution is -0.204. The van der Waals surface area contributed by atoms with E-state index in [1.807, 2.05) is 6.92 Å². The van der Waals surface area contributed by atoms with E-state index in [4.69, 9.17) is 9.47 Å². The van der Waals surface area contributed by atoms with E-state index >= 15 is 0 Å². The van der Waals surface area contributed by atoms with Crippen molar-refractivity contribution in [2.24, 2.45) is 28.6 Å². The number of rotatable bonds is 3. The fourth-order valence-electron chi connectivity index (χ4n) is 5.97. The Hall–Kier alpha value is -1.16. The SMILES string of the molecule is CC1=CC(=O)C[C@H]2[C@]13CC[C@@H](C)[C@]2(CCC1CCOC1)COC3=O. The van der Waals surface area contributed by atoms with Gasteiger partial charge in [-0.2, -0.15) is 0 Å². The van der Waals surface area contributed by atoms with E-state index in [2.05, 4.69) is 6.92 Å². The van der Waals surface area contributed by atoms with Crippen molar-refractivity contribution < 1.29 is 19.1 Å². The second-order valence-corrected chi connectivity index (χ2v) is 8.54. The molecule has 1 unspecified atom stereocenters. The maximum Gasteiger partial charge on any atom is 0.316 e. The molecule has 1 saturated carbocycles. The molecule has 0 N–H and O–H groups in total. The van der Waals surface area contributed by atoms with Crippen molar-refractivity contribution in [2.45, 2.75) is 52.4 Å². The lowest BCUT2D eigenvalue weighted by atomic mass is 9.44. The van der Waals surface area contributed by atoms with E-state index in [9.17, 15) is 9.59 Å². The predicted molar refractivity (Wildman–Crippen MR) is 89.3 cm³/mol. The summed E-state index contributed by atoms with van der Waals surface area (Å²) in [6.45, 7) is 6.48. The molecule has 0 aromatic carbocycles. The van der Waals surface area contributed by atoms with E-state index in [1.165, 1.54) is 0 Å². The Labute approximate surface area is 144 Å². The number of esters is 1. The molecule has 5 atom stereocenters. The average molecular weight is 332 g/mol. The van der Waals surface area contributed by atoms with E-state index in [-0.39, 0.29) is 23.1 Å². The van der Waals surface area contributed by atoms with Crippen LogP contribution in [-0.4, -0.2) is 31.6 Å². The lowest BCUT2D eigenvalue weighted by Gasteiger charge is -2.61. The van der Waals surface area contributed by atoms with Crippen molar-refractivity contribution in [2.75, 3.05) is 19.8 Å². The van der Waals surface area contributed by atoms with Gasteiger partial charge in [-0.3, -0.25) is 9.59 Å². The van der Waals surface area contributed by atoms with Crippen LogP contribution in [0.25, 0.3) is 0 Å². The molecule has 2 aliphatic carbocycles. The van der Waals surface area contributed by atoms with Gasteiger partial charge in [0.1, 0.15) is 0 Å². The fraction of sp³-hybridized carbons (Fsp3) is 0.800. The smallest absolute Gasteiger partial charge is 0.316 e. The number of cyclic esters (lactones) is 1. The Morgan fingerprint density at radius 3 is 2.88 bits per heavy atom. The minimum atomic E-state index is -0.537. The molecular formula is C20H28O4. The Morgan fingerprint density at radius 1 is 1.29 bits per heavy atom. The molecule has 0 aromatic heterocycles. The van der Waals surface area contributed by atoms with Crippen molar-refractivity contribution in [3.05, 3.63) is 11.6 Å².